The SMILES string of the molecule is O=C(/C=C/c1ccc(O)cc1)Nc1ccc(Oc2ccc(O)cc2)cc1. The van der Waals surface area contributed by atoms with Crippen LogP contribution in [-0.4, -0.2) is 16.1 Å². The number of ether oxygens (including phenoxy) is 1. The highest BCUT2D eigenvalue weighted by Gasteiger charge is 2.01. The van der Waals surface area contributed by atoms with Gasteiger partial charge in [-0.1, -0.05) is 12.1 Å². The fraction of sp³-hybridized carbons (Fsp3) is 0. The number of benzene rings is 3. The first-order valence-electron chi connectivity index (χ1n) is 7.93. The summed E-state index contributed by atoms with van der Waals surface area (Å²) >= 11 is 0. The van der Waals surface area contributed by atoms with Gasteiger partial charge in [0.15, 0.2) is 0 Å². The molecule has 3 rings (SSSR count). The van der Waals surface area contributed by atoms with Gasteiger partial charge in [-0.25, -0.2) is 0 Å². The average Bonchev–Trinajstić information content (AvgIpc) is 2.65. The molecule has 0 heterocycles. The maximum Gasteiger partial charge on any atom is 0.248 e. The van der Waals surface area contributed by atoms with Gasteiger partial charge in [0.1, 0.15) is 23.0 Å². The summed E-state index contributed by atoms with van der Waals surface area (Å²) in [4.78, 5) is 12.0. The van der Waals surface area contributed by atoms with Crippen LogP contribution in [0.2, 0.25) is 0 Å². The maximum absolute atomic E-state index is 12.0. The third-order valence-corrected chi connectivity index (χ3v) is 3.51. The monoisotopic (exact) mass is 347 g/mol. The Morgan fingerprint density at radius 3 is 1.85 bits per heavy atom. The number of phenols is 2. The summed E-state index contributed by atoms with van der Waals surface area (Å²) in [7, 11) is 0. The number of hydrogen-bond acceptors (Lipinski definition) is 4. The molecule has 0 saturated carbocycles. The molecule has 0 saturated heterocycles. The quantitative estimate of drug-likeness (QED) is 0.592. The van der Waals surface area contributed by atoms with E-state index in [1.807, 2.05) is 0 Å². The van der Waals surface area contributed by atoms with Crippen LogP contribution >= 0.6 is 0 Å². The number of anilines is 1. The number of carbonyl (C=O) groups excluding carboxylic acids is 1. The van der Waals surface area contributed by atoms with Gasteiger partial charge in [-0.15, -0.1) is 0 Å². The summed E-state index contributed by atoms with van der Waals surface area (Å²) < 4.78 is 5.65. The van der Waals surface area contributed by atoms with Gasteiger partial charge < -0.3 is 20.3 Å². The molecule has 0 fully saturated rings. The first-order chi connectivity index (χ1) is 12.6. The highest BCUT2D eigenvalue weighted by molar-refractivity contribution is 6.01. The van der Waals surface area contributed by atoms with Crippen molar-refractivity contribution in [1.82, 2.24) is 0 Å². The van der Waals surface area contributed by atoms with Crippen molar-refractivity contribution >= 4 is 17.7 Å². The van der Waals surface area contributed by atoms with Crippen molar-refractivity contribution in [2.24, 2.45) is 0 Å². The van der Waals surface area contributed by atoms with E-state index in [0.717, 1.165) is 5.56 Å². The Balaban J connectivity index is 1.57. The Hall–Kier alpha value is -3.73. The van der Waals surface area contributed by atoms with Crippen molar-refractivity contribution in [2.45, 2.75) is 0 Å². The van der Waals surface area contributed by atoms with E-state index in [4.69, 9.17) is 4.74 Å². The number of phenolic OH excluding ortho intramolecular Hbond substituents is 2. The smallest absolute Gasteiger partial charge is 0.248 e. The molecule has 0 atom stereocenters. The van der Waals surface area contributed by atoms with E-state index in [0.29, 0.717) is 17.2 Å². The van der Waals surface area contributed by atoms with E-state index >= 15 is 0 Å². The lowest BCUT2D eigenvalue weighted by molar-refractivity contribution is -0.111. The molecule has 0 aliphatic rings. The summed E-state index contributed by atoms with van der Waals surface area (Å²) in [5, 5.41) is 21.2. The zero-order chi connectivity index (χ0) is 18.4. The van der Waals surface area contributed by atoms with Crippen molar-refractivity contribution in [3.63, 3.8) is 0 Å². The van der Waals surface area contributed by atoms with Crippen LogP contribution in [0.15, 0.2) is 78.9 Å². The number of amides is 1. The molecule has 0 spiro atoms. The minimum absolute atomic E-state index is 0.177. The molecule has 5 nitrogen and oxygen atoms in total. The summed E-state index contributed by atoms with van der Waals surface area (Å²) in [6.45, 7) is 0. The van der Waals surface area contributed by atoms with Crippen molar-refractivity contribution in [2.75, 3.05) is 5.32 Å². The number of nitrogens with one attached hydrogen (secondary N) is 1. The fourth-order valence-corrected chi connectivity index (χ4v) is 2.20. The molecule has 5 heteroatoms. The highest BCUT2D eigenvalue weighted by Crippen LogP contribution is 2.24. The van der Waals surface area contributed by atoms with Crippen LogP contribution in [0.3, 0.4) is 0 Å². The zero-order valence-electron chi connectivity index (χ0n) is 13.8. The van der Waals surface area contributed by atoms with Crippen LogP contribution in [-0.2, 0) is 4.79 Å². The highest BCUT2D eigenvalue weighted by atomic mass is 16.5. The molecular formula is C21H17NO4. The second kappa shape index (κ2) is 7.90. The van der Waals surface area contributed by atoms with Crippen molar-refractivity contribution in [3.8, 4) is 23.0 Å². The molecule has 0 aliphatic heterocycles. The van der Waals surface area contributed by atoms with Gasteiger partial charge >= 0.3 is 0 Å². The van der Waals surface area contributed by atoms with Crippen LogP contribution in [0, 0.1) is 0 Å². The Labute approximate surface area is 150 Å². The van der Waals surface area contributed by atoms with Crippen molar-refractivity contribution in [1.29, 1.82) is 0 Å². The van der Waals surface area contributed by atoms with E-state index in [1.165, 1.54) is 6.08 Å². The van der Waals surface area contributed by atoms with Crippen molar-refractivity contribution in [3.05, 3.63) is 84.4 Å². The number of aromatic hydroxyl groups is 2. The van der Waals surface area contributed by atoms with Gasteiger partial charge in [0.25, 0.3) is 0 Å². The summed E-state index contributed by atoms with van der Waals surface area (Å²) in [5.41, 5.74) is 1.46. The van der Waals surface area contributed by atoms with Gasteiger partial charge in [0, 0.05) is 11.8 Å². The van der Waals surface area contributed by atoms with Crippen LogP contribution in [0.5, 0.6) is 23.0 Å². The Morgan fingerprint density at radius 1 is 0.769 bits per heavy atom. The Bertz CT molecular complexity index is 898. The summed E-state index contributed by atoms with van der Waals surface area (Å²) in [6.07, 6.45) is 3.09. The number of carbonyl (C=O) groups is 1. The van der Waals surface area contributed by atoms with Gasteiger partial charge in [-0.3, -0.25) is 4.79 Å². The van der Waals surface area contributed by atoms with Crippen LogP contribution in [0.4, 0.5) is 5.69 Å². The topological polar surface area (TPSA) is 78.8 Å². The minimum atomic E-state index is -0.259. The minimum Gasteiger partial charge on any atom is -0.508 e. The lowest BCUT2D eigenvalue weighted by atomic mass is 10.2. The standard InChI is InChI=1S/C21H17NO4/c23-17-6-1-15(2-7-17)3-14-21(25)22-16-4-10-19(11-5-16)26-20-12-8-18(24)9-13-20/h1-14,23-24H,(H,22,25)/b14-3+. The second-order valence-electron chi connectivity index (χ2n) is 5.53. The number of rotatable bonds is 5. The molecule has 0 aliphatic carbocycles. The normalized spacial score (nSPS) is 10.6. The molecule has 3 N–H and O–H groups in total. The Kier molecular flexibility index (Phi) is 5.19. The van der Waals surface area contributed by atoms with Gasteiger partial charge in [-0.05, 0) is 72.3 Å². The molecule has 1 amide bonds. The third-order valence-electron chi connectivity index (χ3n) is 3.51. The first kappa shape index (κ1) is 17.1. The molecule has 3 aromatic rings. The maximum atomic E-state index is 12.0. The molecule has 130 valence electrons. The number of hydrogen-bond donors (Lipinski definition) is 3. The van der Waals surface area contributed by atoms with E-state index in [2.05, 4.69) is 5.32 Å². The van der Waals surface area contributed by atoms with Gasteiger partial charge in [0.2, 0.25) is 5.91 Å². The van der Waals surface area contributed by atoms with Gasteiger partial charge in [-0.2, -0.15) is 0 Å². The van der Waals surface area contributed by atoms with Crippen molar-refractivity contribution < 1.29 is 19.7 Å². The van der Waals surface area contributed by atoms with E-state index in [9.17, 15) is 15.0 Å². The summed E-state index contributed by atoms with van der Waals surface area (Å²) in [5.74, 6) is 1.33. The largest absolute Gasteiger partial charge is 0.508 e. The van der Waals surface area contributed by atoms with E-state index < -0.39 is 0 Å². The molecule has 0 bridgehead atoms. The van der Waals surface area contributed by atoms with Crippen LogP contribution < -0.4 is 10.1 Å². The molecule has 26 heavy (non-hydrogen) atoms. The zero-order valence-corrected chi connectivity index (χ0v) is 13.8. The molecule has 0 unspecified atom stereocenters. The lowest BCUT2D eigenvalue weighted by Gasteiger charge is -2.07. The lowest BCUT2D eigenvalue weighted by Crippen LogP contribution is -2.07. The second-order valence-corrected chi connectivity index (χ2v) is 5.53. The predicted molar refractivity (Wildman–Crippen MR) is 100 cm³/mol. The molecule has 3 aromatic carbocycles. The predicted octanol–water partition coefficient (Wildman–Crippen LogP) is 4.54. The molecule has 0 radical (unpaired) electrons. The average molecular weight is 347 g/mol. The fourth-order valence-electron chi connectivity index (χ4n) is 2.20. The molecule has 0 aromatic heterocycles. The Morgan fingerprint density at radius 2 is 1.27 bits per heavy atom. The van der Waals surface area contributed by atoms with E-state index in [-0.39, 0.29) is 17.4 Å². The first-order valence-corrected chi connectivity index (χ1v) is 7.93. The summed E-state index contributed by atoms with van der Waals surface area (Å²) in [6, 6.07) is 19.9. The van der Waals surface area contributed by atoms with Gasteiger partial charge in [0.05, 0.1) is 0 Å². The van der Waals surface area contributed by atoms with E-state index in [1.54, 1.807) is 78.9 Å². The van der Waals surface area contributed by atoms with Crippen LogP contribution in [0.25, 0.3) is 6.08 Å². The third kappa shape index (κ3) is 4.88. The molecular weight excluding hydrogens is 330 g/mol. The van der Waals surface area contributed by atoms with Crippen LogP contribution in [0.1, 0.15) is 5.56 Å².